The summed E-state index contributed by atoms with van der Waals surface area (Å²) >= 11 is 0. The monoisotopic (exact) mass is 519 g/mol. The van der Waals surface area contributed by atoms with Gasteiger partial charge in [-0.15, -0.1) is 0 Å². The highest BCUT2D eigenvalue weighted by molar-refractivity contribution is 6.04. The summed E-state index contributed by atoms with van der Waals surface area (Å²) in [5.41, 5.74) is 2.23. The highest BCUT2D eigenvalue weighted by Crippen LogP contribution is 2.32. The highest BCUT2D eigenvalue weighted by atomic mass is 19.4. The number of aromatic nitrogens is 4. The van der Waals surface area contributed by atoms with Crippen LogP contribution in [0.3, 0.4) is 0 Å². The summed E-state index contributed by atoms with van der Waals surface area (Å²) in [6, 6.07) is 11.7. The van der Waals surface area contributed by atoms with Crippen molar-refractivity contribution in [1.82, 2.24) is 19.9 Å². The van der Waals surface area contributed by atoms with Crippen LogP contribution >= 0.6 is 0 Å². The molecule has 194 valence electrons. The lowest BCUT2D eigenvalue weighted by molar-refractivity contribution is -0.137. The van der Waals surface area contributed by atoms with Gasteiger partial charge in [0.05, 0.1) is 16.8 Å². The second kappa shape index (κ2) is 10.4. The molecular formula is C27H24F3N7O. The summed E-state index contributed by atoms with van der Waals surface area (Å²) < 4.78 is 39.2. The van der Waals surface area contributed by atoms with Crippen molar-refractivity contribution >= 4 is 28.9 Å². The summed E-state index contributed by atoms with van der Waals surface area (Å²) in [7, 11) is 0. The van der Waals surface area contributed by atoms with Crippen LogP contribution in [0.4, 0.5) is 36.2 Å². The maximum atomic E-state index is 13.1. The van der Waals surface area contributed by atoms with Gasteiger partial charge in [0.15, 0.2) is 0 Å². The van der Waals surface area contributed by atoms with Gasteiger partial charge in [0.25, 0.3) is 5.91 Å². The van der Waals surface area contributed by atoms with Gasteiger partial charge in [-0.05, 0) is 62.1 Å². The van der Waals surface area contributed by atoms with Crippen LogP contribution in [0.1, 0.15) is 40.7 Å². The molecule has 4 aromatic rings. The molecule has 0 saturated heterocycles. The molecule has 2 aromatic carbocycles. The minimum absolute atomic E-state index is 0.0944. The van der Waals surface area contributed by atoms with Crippen molar-refractivity contribution in [2.45, 2.75) is 38.4 Å². The Balaban J connectivity index is 1.37. The van der Waals surface area contributed by atoms with E-state index < -0.39 is 17.6 Å². The van der Waals surface area contributed by atoms with Gasteiger partial charge in [0, 0.05) is 35.2 Å². The molecule has 38 heavy (non-hydrogen) atoms. The number of carbonyl (C=O) groups excluding carboxylic acids is 1. The van der Waals surface area contributed by atoms with Crippen LogP contribution in [-0.2, 0) is 6.18 Å². The van der Waals surface area contributed by atoms with Crippen molar-refractivity contribution in [3.8, 4) is 11.3 Å². The lowest BCUT2D eigenvalue weighted by atomic mass is 9.93. The minimum Gasteiger partial charge on any atom is -0.367 e. The second-order valence-corrected chi connectivity index (χ2v) is 9.03. The number of nitrogens with one attached hydrogen (secondary N) is 3. The van der Waals surface area contributed by atoms with E-state index >= 15 is 0 Å². The van der Waals surface area contributed by atoms with E-state index in [1.165, 1.54) is 31.2 Å². The number of amides is 1. The normalized spacial score (nSPS) is 13.5. The molecular weight excluding hydrogens is 495 g/mol. The predicted octanol–water partition coefficient (Wildman–Crippen LogP) is 6.22. The van der Waals surface area contributed by atoms with Gasteiger partial charge in [-0.1, -0.05) is 12.1 Å². The molecule has 1 amide bonds. The van der Waals surface area contributed by atoms with Crippen molar-refractivity contribution in [3.05, 3.63) is 84.1 Å². The van der Waals surface area contributed by atoms with Gasteiger partial charge >= 0.3 is 6.18 Å². The van der Waals surface area contributed by atoms with Gasteiger partial charge in [-0.2, -0.15) is 13.2 Å². The Hall–Kier alpha value is -4.54. The maximum Gasteiger partial charge on any atom is 0.416 e. The van der Waals surface area contributed by atoms with Crippen LogP contribution in [0.5, 0.6) is 0 Å². The molecule has 1 aliphatic rings. The highest BCUT2D eigenvalue weighted by Gasteiger charge is 2.31. The first kappa shape index (κ1) is 25.1. The molecule has 3 N–H and O–H groups in total. The minimum atomic E-state index is -4.54. The molecule has 0 atom stereocenters. The number of anilines is 4. The van der Waals surface area contributed by atoms with Crippen LogP contribution in [0.2, 0.25) is 0 Å². The number of rotatable bonds is 7. The second-order valence-electron chi connectivity index (χ2n) is 9.03. The van der Waals surface area contributed by atoms with Gasteiger partial charge in [0.1, 0.15) is 24.3 Å². The molecule has 1 saturated carbocycles. The summed E-state index contributed by atoms with van der Waals surface area (Å²) in [5, 5.41) is 9.34. The number of alkyl halides is 3. The fourth-order valence-electron chi connectivity index (χ4n) is 3.96. The number of benzene rings is 2. The van der Waals surface area contributed by atoms with Crippen LogP contribution in [0, 0.1) is 6.92 Å². The number of nitrogens with zero attached hydrogens (tertiary/aromatic N) is 4. The Morgan fingerprint density at radius 1 is 1.00 bits per heavy atom. The Kier molecular flexibility index (Phi) is 6.91. The first-order chi connectivity index (χ1) is 18.3. The molecule has 1 aliphatic carbocycles. The summed E-state index contributed by atoms with van der Waals surface area (Å²) in [5.74, 6) is 0.573. The average Bonchev–Trinajstić information content (AvgIpc) is 2.88. The third-order valence-corrected chi connectivity index (χ3v) is 6.31. The molecule has 1 fully saturated rings. The SMILES string of the molecule is Cc1ccc(NC(=O)c2cccc(C(F)(F)F)c2)cc1Nc1ncncc1-c1cc(NC2CCC2)ncn1. The Morgan fingerprint density at radius 2 is 1.84 bits per heavy atom. The van der Waals surface area contributed by atoms with Gasteiger partial charge in [-0.3, -0.25) is 4.79 Å². The van der Waals surface area contributed by atoms with E-state index in [1.54, 1.807) is 24.4 Å². The molecule has 5 rings (SSSR count). The molecule has 0 radical (unpaired) electrons. The fraction of sp³-hybridized carbons (Fsp3) is 0.222. The number of carbonyl (C=O) groups is 1. The van der Waals surface area contributed by atoms with Crippen molar-refractivity contribution in [1.29, 1.82) is 0 Å². The first-order valence-electron chi connectivity index (χ1n) is 12.0. The molecule has 2 aromatic heterocycles. The van der Waals surface area contributed by atoms with Gasteiger partial charge in [0.2, 0.25) is 0 Å². The van der Waals surface area contributed by atoms with E-state index in [0.717, 1.165) is 36.4 Å². The van der Waals surface area contributed by atoms with E-state index in [9.17, 15) is 18.0 Å². The third-order valence-electron chi connectivity index (χ3n) is 6.31. The topological polar surface area (TPSA) is 105 Å². The molecule has 2 heterocycles. The number of hydrogen-bond donors (Lipinski definition) is 3. The molecule has 11 heteroatoms. The zero-order chi connectivity index (χ0) is 26.7. The van der Waals surface area contributed by atoms with Crippen molar-refractivity contribution < 1.29 is 18.0 Å². The maximum absolute atomic E-state index is 13.1. The van der Waals surface area contributed by atoms with E-state index in [-0.39, 0.29) is 5.56 Å². The number of aryl methyl sites for hydroxylation is 1. The van der Waals surface area contributed by atoms with Crippen molar-refractivity contribution in [3.63, 3.8) is 0 Å². The summed E-state index contributed by atoms with van der Waals surface area (Å²) in [6.07, 6.45) is 3.44. The Labute approximate surface area is 216 Å². The lowest BCUT2D eigenvalue weighted by Crippen LogP contribution is -2.27. The Morgan fingerprint density at radius 3 is 2.61 bits per heavy atom. The van der Waals surface area contributed by atoms with Crippen LogP contribution in [0.15, 0.2) is 67.4 Å². The van der Waals surface area contributed by atoms with Gasteiger partial charge < -0.3 is 16.0 Å². The van der Waals surface area contributed by atoms with Gasteiger partial charge in [-0.25, -0.2) is 19.9 Å². The zero-order valence-corrected chi connectivity index (χ0v) is 20.4. The number of hydrogen-bond acceptors (Lipinski definition) is 7. The van der Waals surface area contributed by atoms with Crippen LogP contribution in [-0.4, -0.2) is 31.9 Å². The van der Waals surface area contributed by atoms with E-state index in [4.69, 9.17) is 0 Å². The Bertz CT molecular complexity index is 1470. The van der Waals surface area contributed by atoms with Crippen molar-refractivity contribution in [2.24, 2.45) is 0 Å². The van der Waals surface area contributed by atoms with E-state index in [0.29, 0.717) is 34.5 Å². The molecule has 0 bridgehead atoms. The van der Waals surface area contributed by atoms with E-state index in [1.807, 2.05) is 13.0 Å². The third kappa shape index (κ3) is 5.72. The fourth-order valence-corrected chi connectivity index (χ4v) is 3.96. The lowest BCUT2D eigenvalue weighted by Gasteiger charge is -2.26. The quantitative estimate of drug-likeness (QED) is 0.266. The predicted molar refractivity (Wildman–Crippen MR) is 138 cm³/mol. The first-order valence-corrected chi connectivity index (χ1v) is 12.0. The van der Waals surface area contributed by atoms with Crippen LogP contribution < -0.4 is 16.0 Å². The molecule has 0 unspecified atom stereocenters. The largest absolute Gasteiger partial charge is 0.416 e. The summed E-state index contributed by atoms with van der Waals surface area (Å²) in [4.78, 5) is 29.9. The molecule has 0 spiro atoms. The standard InChI is InChI=1S/C27H24F3N7O/c1-16-8-9-20(36-26(38)17-4-2-5-18(10-17)27(28,29)30)11-22(16)37-25-21(13-31-14-34-25)23-12-24(33-15-32-23)35-19-6-3-7-19/h2,4-5,8-15,19H,3,6-7H2,1H3,(H,36,38)(H,31,34,37)(H,32,33,35). The molecule has 0 aliphatic heterocycles. The van der Waals surface area contributed by atoms with Crippen molar-refractivity contribution in [2.75, 3.05) is 16.0 Å². The molecule has 8 nitrogen and oxygen atoms in total. The smallest absolute Gasteiger partial charge is 0.367 e. The van der Waals surface area contributed by atoms with Crippen LogP contribution in [0.25, 0.3) is 11.3 Å². The average molecular weight is 520 g/mol. The number of halogens is 3. The van der Waals surface area contributed by atoms with E-state index in [2.05, 4.69) is 35.9 Å². The zero-order valence-electron chi connectivity index (χ0n) is 20.4. The summed E-state index contributed by atoms with van der Waals surface area (Å²) in [6.45, 7) is 1.88.